The molecule has 1 amide bonds. The van der Waals surface area contributed by atoms with Crippen molar-refractivity contribution >= 4 is 22.8 Å². The van der Waals surface area contributed by atoms with Crippen LogP contribution in [0.25, 0.3) is 22.6 Å². The van der Waals surface area contributed by atoms with Crippen LogP contribution in [0.1, 0.15) is 28.9 Å². The van der Waals surface area contributed by atoms with Gasteiger partial charge in [0.05, 0.1) is 5.56 Å². The highest BCUT2D eigenvalue weighted by Gasteiger charge is 2.12. The normalized spacial score (nSPS) is 11.9. The number of pyridine rings is 1. The number of hydrogen-bond donors (Lipinski definition) is 3. The number of oxazole rings is 1. The van der Waals surface area contributed by atoms with E-state index in [1.807, 2.05) is 30.3 Å². The van der Waals surface area contributed by atoms with Crippen LogP contribution in [0.4, 0.5) is 5.82 Å². The van der Waals surface area contributed by atoms with Crippen molar-refractivity contribution in [3.05, 3.63) is 78.0 Å². The van der Waals surface area contributed by atoms with Gasteiger partial charge in [-0.05, 0) is 42.8 Å². The Labute approximate surface area is 161 Å². The summed E-state index contributed by atoms with van der Waals surface area (Å²) in [6, 6.07) is 18.8. The monoisotopic (exact) mass is 374 g/mol. The largest absolute Gasteiger partial charge is 0.436 e. The fourth-order valence-corrected chi connectivity index (χ4v) is 2.91. The maximum absolute atomic E-state index is 11.5. The highest BCUT2D eigenvalue weighted by Crippen LogP contribution is 2.26. The topological polar surface area (TPSA) is 100 Å². The summed E-state index contributed by atoms with van der Waals surface area (Å²) in [5, 5.41) is 12.1. The van der Waals surface area contributed by atoms with E-state index in [9.17, 15) is 4.79 Å². The molecule has 4 rings (SSSR count). The van der Waals surface area contributed by atoms with Crippen LogP contribution in [-0.4, -0.2) is 21.1 Å². The van der Waals surface area contributed by atoms with Gasteiger partial charge in [0.25, 0.3) is 5.91 Å². The highest BCUT2D eigenvalue weighted by molar-refractivity contribution is 5.96. The van der Waals surface area contributed by atoms with Crippen LogP contribution >= 0.6 is 0 Å². The Morgan fingerprint density at radius 1 is 1.11 bits per heavy atom. The van der Waals surface area contributed by atoms with Gasteiger partial charge in [-0.1, -0.05) is 30.3 Å². The smallest absolute Gasteiger partial charge is 0.274 e. The Morgan fingerprint density at radius 2 is 1.93 bits per heavy atom. The summed E-state index contributed by atoms with van der Waals surface area (Å²) >= 11 is 0. The van der Waals surface area contributed by atoms with Crippen molar-refractivity contribution in [3.63, 3.8) is 0 Å². The molecule has 2 heterocycles. The first-order chi connectivity index (χ1) is 13.6. The first-order valence-electron chi connectivity index (χ1n) is 8.77. The van der Waals surface area contributed by atoms with Gasteiger partial charge in [-0.25, -0.2) is 15.4 Å². The van der Waals surface area contributed by atoms with Gasteiger partial charge in [0.1, 0.15) is 11.3 Å². The van der Waals surface area contributed by atoms with Crippen molar-refractivity contribution in [1.29, 1.82) is 0 Å². The zero-order valence-electron chi connectivity index (χ0n) is 15.1. The third-order valence-electron chi connectivity index (χ3n) is 4.43. The van der Waals surface area contributed by atoms with E-state index in [0.29, 0.717) is 22.6 Å². The third-order valence-corrected chi connectivity index (χ3v) is 4.43. The molecular formula is C21H18N4O3. The molecule has 0 aliphatic rings. The Kier molecular flexibility index (Phi) is 4.74. The van der Waals surface area contributed by atoms with E-state index in [-0.39, 0.29) is 6.04 Å². The second-order valence-electron chi connectivity index (χ2n) is 6.35. The quantitative estimate of drug-likeness (QED) is 0.358. The Morgan fingerprint density at radius 3 is 2.64 bits per heavy atom. The van der Waals surface area contributed by atoms with E-state index in [4.69, 9.17) is 9.62 Å². The number of carbonyl (C=O) groups excluding carboxylic acids is 1. The first-order valence-corrected chi connectivity index (χ1v) is 8.77. The predicted octanol–water partition coefficient (Wildman–Crippen LogP) is 4.18. The van der Waals surface area contributed by atoms with Crippen molar-refractivity contribution in [2.75, 3.05) is 5.32 Å². The van der Waals surface area contributed by atoms with Crippen LogP contribution < -0.4 is 10.8 Å². The molecule has 1 unspecified atom stereocenters. The Hall–Kier alpha value is -3.71. The van der Waals surface area contributed by atoms with Gasteiger partial charge in [-0.15, -0.1) is 0 Å². The van der Waals surface area contributed by atoms with Gasteiger partial charge in [-0.2, -0.15) is 0 Å². The molecule has 140 valence electrons. The van der Waals surface area contributed by atoms with E-state index in [1.165, 1.54) is 5.56 Å². The lowest BCUT2D eigenvalue weighted by Crippen LogP contribution is -2.18. The van der Waals surface area contributed by atoms with Crippen LogP contribution in [0.15, 0.2) is 71.3 Å². The minimum atomic E-state index is -0.601. The molecule has 0 spiro atoms. The molecule has 2 aromatic heterocycles. The van der Waals surface area contributed by atoms with Gasteiger partial charge in [-0.3, -0.25) is 10.0 Å². The number of carbonyl (C=O) groups is 1. The molecule has 0 saturated carbocycles. The lowest BCUT2D eigenvalue weighted by molar-refractivity contribution is 0.0706. The van der Waals surface area contributed by atoms with E-state index in [1.54, 1.807) is 29.9 Å². The van der Waals surface area contributed by atoms with Crippen molar-refractivity contribution in [2.45, 2.75) is 13.0 Å². The first kappa shape index (κ1) is 17.7. The molecule has 7 heteroatoms. The molecule has 0 bridgehead atoms. The number of nitrogens with zero attached hydrogens (tertiary/aromatic N) is 2. The molecule has 4 aromatic rings. The number of nitrogens with one attached hydrogen (secondary N) is 2. The zero-order valence-corrected chi connectivity index (χ0v) is 15.1. The van der Waals surface area contributed by atoms with Crippen LogP contribution in [-0.2, 0) is 0 Å². The van der Waals surface area contributed by atoms with Crippen LogP contribution in [0.2, 0.25) is 0 Å². The van der Waals surface area contributed by atoms with Crippen molar-refractivity contribution < 1.29 is 14.4 Å². The average molecular weight is 374 g/mol. The van der Waals surface area contributed by atoms with Crippen LogP contribution in [0, 0.1) is 0 Å². The summed E-state index contributed by atoms with van der Waals surface area (Å²) in [7, 11) is 0. The van der Waals surface area contributed by atoms with E-state index < -0.39 is 5.91 Å². The summed E-state index contributed by atoms with van der Waals surface area (Å²) in [6.45, 7) is 2.08. The summed E-state index contributed by atoms with van der Waals surface area (Å²) < 4.78 is 5.75. The van der Waals surface area contributed by atoms with Gasteiger partial charge >= 0.3 is 0 Å². The van der Waals surface area contributed by atoms with Gasteiger partial charge in [0.2, 0.25) is 5.89 Å². The number of hydrogen-bond acceptors (Lipinski definition) is 6. The number of aromatic nitrogens is 2. The lowest BCUT2D eigenvalue weighted by Gasteiger charge is -2.14. The molecule has 0 fully saturated rings. The number of hydroxylamine groups is 1. The molecule has 3 N–H and O–H groups in total. The van der Waals surface area contributed by atoms with Gasteiger partial charge in [0.15, 0.2) is 5.58 Å². The van der Waals surface area contributed by atoms with Crippen LogP contribution in [0.3, 0.4) is 0 Å². The molecule has 2 aromatic carbocycles. The van der Waals surface area contributed by atoms with Gasteiger partial charge in [0, 0.05) is 17.8 Å². The lowest BCUT2D eigenvalue weighted by atomic mass is 10.1. The van der Waals surface area contributed by atoms with E-state index in [0.717, 1.165) is 11.4 Å². The van der Waals surface area contributed by atoms with Crippen molar-refractivity contribution in [1.82, 2.24) is 15.4 Å². The van der Waals surface area contributed by atoms with Crippen molar-refractivity contribution in [2.24, 2.45) is 0 Å². The predicted molar refractivity (Wildman–Crippen MR) is 105 cm³/mol. The summed E-state index contributed by atoms with van der Waals surface area (Å²) in [5.41, 5.74) is 4.87. The molecule has 0 aliphatic heterocycles. The Bertz CT molecular complexity index is 1110. The maximum Gasteiger partial charge on any atom is 0.274 e. The zero-order chi connectivity index (χ0) is 19.5. The molecular weight excluding hydrogens is 356 g/mol. The maximum atomic E-state index is 11.5. The van der Waals surface area contributed by atoms with Crippen molar-refractivity contribution in [3.8, 4) is 11.5 Å². The summed E-state index contributed by atoms with van der Waals surface area (Å²) in [6.07, 6.45) is 1.69. The molecule has 1 atom stereocenters. The molecule has 7 nitrogen and oxygen atoms in total. The standard InChI is InChI=1S/C21H18N4O3/c1-13(14-5-3-2-4-6-14)23-19-10-8-16(12-22-19)21-24-17-11-15(20(26)25-27)7-9-18(17)28-21/h2-13,27H,1H3,(H,22,23)(H,25,26). The second kappa shape index (κ2) is 7.50. The second-order valence-corrected chi connectivity index (χ2v) is 6.35. The fraction of sp³-hybridized carbons (Fsp3) is 0.0952. The number of fused-ring (bicyclic) bond motifs is 1. The van der Waals surface area contributed by atoms with Gasteiger partial charge < -0.3 is 9.73 Å². The minimum Gasteiger partial charge on any atom is -0.436 e. The summed E-state index contributed by atoms with van der Waals surface area (Å²) in [5.74, 6) is 0.556. The molecule has 28 heavy (non-hydrogen) atoms. The van der Waals surface area contributed by atoms with E-state index in [2.05, 4.69) is 34.3 Å². The minimum absolute atomic E-state index is 0.125. The van der Waals surface area contributed by atoms with Crippen LogP contribution in [0.5, 0.6) is 0 Å². The number of amides is 1. The molecule has 0 aliphatic carbocycles. The average Bonchev–Trinajstić information content (AvgIpc) is 3.17. The molecule has 0 saturated heterocycles. The number of benzene rings is 2. The SMILES string of the molecule is CC(Nc1ccc(-c2nc3cc(C(=O)NO)ccc3o2)cn1)c1ccccc1. The molecule has 0 radical (unpaired) electrons. The highest BCUT2D eigenvalue weighted by atomic mass is 16.5. The summed E-state index contributed by atoms with van der Waals surface area (Å²) in [4.78, 5) is 20.4. The third kappa shape index (κ3) is 3.56. The fourth-order valence-electron chi connectivity index (χ4n) is 2.91. The van der Waals surface area contributed by atoms with E-state index >= 15 is 0 Å². The number of rotatable bonds is 5. The number of anilines is 1. The Balaban J connectivity index is 1.54.